The van der Waals surface area contributed by atoms with Crippen molar-refractivity contribution in [2.24, 2.45) is 7.05 Å². The molecule has 0 spiro atoms. The number of hydrogen-bond acceptors (Lipinski definition) is 3. The Hall–Kier alpha value is -1.16. The van der Waals surface area contributed by atoms with Crippen molar-refractivity contribution in [2.75, 3.05) is 5.32 Å². The molecule has 0 aliphatic heterocycles. The van der Waals surface area contributed by atoms with Crippen molar-refractivity contribution < 1.29 is 14.3 Å². The first-order valence-electron chi connectivity index (χ1n) is 6.37. The average molecular weight is 435 g/mol. The van der Waals surface area contributed by atoms with E-state index in [0.29, 0.717) is 16.6 Å². The Labute approximate surface area is 167 Å². The number of nitrogens with one attached hydrogen (secondary N) is 1. The zero-order valence-electron chi connectivity index (χ0n) is 11.5. The van der Waals surface area contributed by atoms with Crippen LogP contribution >= 0.6 is 22.6 Å². The predicted molar refractivity (Wildman–Crippen MR) is 97.2 cm³/mol. The fourth-order valence-corrected chi connectivity index (χ4v) is 2.84. The van der Waals surface area contributed by atoms with Crippen LogP contribution in [0.25, 0.3) is 10.9 Å². The Kier molecular flexibility index (Phi) is 5.66. The normalized spacial score (nSPS) is 10.4. The van der Waals surface area contributed by atoms with Crippen LogP contribution in [0.1, 0.15) is 10.5 Å². The third-order valence-corrected chi connectivity index (χ3v) is 4.07. The molecule has 0 saturated heterocycles. The van der Waals surface area contributed by atoms with Gasteiger partial charge in [0, 0.05) is 28.4 Å². The number of fused-ring (bicyclic) bond motifs is 1. The molecule has 23 heavy (non-hydrogen) atoms. The van der Waals surface area contributed by atoms with Crippen LogP contribution in [-0.4, -0.2) is 50.2 Å². The van der Waals surface area contributed by atoms with E-state index in [9.17, 15) is 14.3 Å². The second kappa shape index (κ2) is 7.16. The van der Waals surface area contributed by atoms with Crippen LogP contribution in [0.15, 0.2) is 36.7 Å². The number of nitrogens with zero attached hydrogens (tertiary/aromatic N) is 2. The third-order valence-electron chi connectivity index (χ3n) is 3.39. The van der Waals surface area contributed by atoms with E-state index >= 15 is 0 Å². The quantitative estimate of drug-likeness (QED) is 0.490. The first-order chi connectivity index (χ1) is 10.5. The van der Waals surface area contributed by atoms with Gasteiger partial charge < -0.3 is 15.0 Å². The zero-order chi connectivity index (χ0) is 15.9. The van der Waals surface area contributed by atoms with Crippen LogP contribution in [-0.2, 0) is 7.05 Å². The van der Waals surface area contributed by atoms with Crippen LogP contribution in [0.3, 0.4) is 0 Å². The van der Waals surface area contributed by atoms with Gasteiger partial charge in [0.25, 0.3) is 0 Å². The molecule has 0 unspecified atom stereocenters. The molecule has 0 atom stereocenters. The molecule has 114 valence electrons. The minimum absolute atomic E-state index is 0. The molecule has 2 N–H and O–H groups in total. The number of aryl methyl sites for hydroxylation is 1. The van der Waals surface area contributed by atoms with E-state index in [4.69, 9.17) is 0 Å². The van der Waals surface area contributed by atoms with Gasteiger partial charge in [-0.25, -0.2) is 9.18 Å². The molecule has 8 heteroatoms. The molecule has 0 radical (unpaired) electrons. The van der Waals surface area contributed by atoms with Crippen LogP contribution < -0.4 is 5.32 Å². The number of rotatable bonds is 3. The van der Waals surface area contributed by atoms with E-state index in [2.05, 4.69) is 10.3 Å². The van der Waals surface area contributed by atoms with Crippen molar-refractivity contribution in [1.29, 1.82) is 0 Å². The summed E-state index contributed by atoms with van der Waals surface area (Å²) in [7, 11) is 1.65. The molecule has 0 bridgehead atoms. The van der Waals surface area contributed by atoms with E-state index in [1.165, 1.54) is 6.07 Å². The zero-order valence-corrected chi connectivity index (χ0v) is 13.6. The molecule has 3 aromatic rings. The molecule has 0 aliphatic carbocycles. The summed E-state index contributed by atoms with van der Waals surface area (Å²) < 4.78 is 16.3. The number of carboxylic acid groups (broad SMARTS) is 1. The van der Waals surface area contributed by atoms with Gasteiger partial charge in [-0.05, 0) is 46.9 Å². The van der Waals surface area contributed by atoms with E-state index in [1.807, 2.05) is 22.6 Å². The molecule has 3 rings (SSSR count). The molecule has 0 amide bonds. The fraction of sp³-hybridized carbons (Fsp3) is 0.0667. The SMILES string of the molecule is Cn1c(C(=O)O)c(Nc2ccc(I)cc2F)c2cnccc21.[NaH]. The van der Waals surface area contributed by atoms with Gasteiger partial charge in [-0.15, -0.1) is 0 Å². The summed E-state index contributed by atoms with van der Waals surface area (Å²) in [6, 6.07) is 6.43. The molecule has 2 aromatic heterocycles. The molecule has 0 fully saturated rings. The van der Waals surface area contributed by atoms with Crippen LogP contribution in [0.2, 0.25) is 0 Å². The summed E-state index contributed by atoms with van der Waals surface area (Å²) in [4.78, 5) is 15.6. The van der Waals surface area contributed by atoms with Gasteiger partial charge in [0.15, 0.2) is 5.69 Å². The monoisotopic (exact) mass is 435 g/mol. The Morgan fingerprint density at radius 3 is 2.78 bits per heavy atom. The summed E-state index contributed by atoms with van der Waals surface area (Å²) in [5, 5.41) is 13.0. The molecular weight excluding hydrogens is 423 g/mol. The van der Waals surface area contributed by atoms with Gasteiger partial charge in [-0.1, -0.05) is 0 Å². The number of anilines is 2. The van der Waals surface area contributed by atoms with Gasteiger partial charge >= 0.3 is 35.5 Å². The molecule has 2 heterocycles. The standard InChI is InChI=1S/C15H11FIN3O2.Na.H/c1-20-12-4-5-18-7-9(12)13(14(20)15(21)22)19-11-3-2-8(17)6-10(11)16;;/h2-7,19H,1H3,(H,21,22);;. The first kappa shape index (κ1) is 18.2. The van der Waals surface area contributed by atoms with Crippen molar-refractivity contribution >= 4 is 80.4 Å². The summed E-state index contributed by atoms with van der Waals surface area (Å²) in [5.41, 5.74) is 1.32. The van der Waals surface area contributed by atoms with Crippen molar-refractivity contribution in [3.05, 3.63) is 51.7 Å². The Bertz CT molecular complexity index is 898. The van der Waals surface area contributed by atoms with Crippen molar-refractivity contribution in [3.8, 4) is 0 Å². The van der Waals surface area contributed by atoms with E-state index in [1.54, 1.807) is 42.2 Å². The Balaban J connectivity index is 0.00000192. The number of benzene rings is 1. The number of carbonyl (C=O) groups is 1. The van der Waals surface area contributed by atoms with Crippen LogP contribution in [0.5, 0.6) is 0 Å². The fourth-order valence-electron chi connectivity index (χ4n) is 2.39. The topological polar surface area (TPSA) is 67.2 Å². The minimum atomic E-state index is -1.09. The number of carboxylic acids is 1. The maximum atomic E-state index is 14.0. The number of aromatic carboxylic acids is 1. The van der Waals surface area contributed by atoms with Gasteiger partial charge in [0.1, 0.15) is 5.82 Å². The third kappa shape index (κ3) is 3.37. The van der Waals surface area contributed by atoms with E-state index < -0.39 is 11.8 Å². The average Bonchev–Trinajstić information content (AvgIpc) is 2.75. The second-order valence-corrected chi connectivity index (χ2v) is 5.98. The number of pyridine rings is 1. The van der Waals surface area contributed by atoms with Crippen molar-refractivity contribution in [1.82, 2.24) is 9.55 Å². The predicted octanol–water partition coefficient (Wildman–Crippen LogP) is 3.11. The molecule has 1 aromatic carbocycles. The van der Waals surface area contributed by atoms with Gasteiger partial charge in [0.05, 0.1) is 16.9 Å². The van der Waals surface area contributed by atoms with Gasteiger partial charge in [-0.3, -0.25) is 4.98 Å². The Morgan fingerprint density at radius 1 is 1.39 bits per heavy atom. The molecule has 5 nitrogen and oxygen atoms in total. The Morgan fingerprint density at radius 2 is 2.13 bits per heavy atom. The second-order valence-electron chi connectivity index (χ2n) is 4.73. The summed E-state index contributed by atoms with van der Waals surface area (Å²) >= 11 is 2.01. The van der Waals surface area contributed by atoms with Gasteiger partial charge in [-0.2, -0.15) is 0 Å². The van der Waals surface area contributed by atoms with Crippen LogP contribution in [0, 0.1) is 9.39 Å². The first-order valence-corrected chi connectivity index (χ1v) is 7.44. The van der Waals surface area contributed by atoms with E-state index in [-0.39, 0.29) is 40.9 Å². The number of hydrogen-bond donors (Lipinski definition) is 2. The van der Waals surface area contributed by atoms with E-state index in [0.717, 1.165) is 3.57 Å². The number of aromatic nitrogens is 2. The van der Waals surface area contributed by atoms with Gasteiger partial charge in [0.2, 0.25) is 0 Å². The van der Waals surface area contributed by atoms with Crippen molar-refractivity contribution in [2.45, 2.75) is 0 Å². The molecule has 0 saturated carbocycles. The number of halogens is 2. The summed E-state index contributed by atoms with van der Waals surface area (Å²) in [6.45, 7) is 0. The molecular formula is C15H12FIN3NaO2. The maximum absolute atomic E-state index is 14.0. The molecule has 0 aliphatic rings. The summed E-state index contributed by atoms with van der Waals surface area (Å²) in [5.74, 6) is -1.53. The summed E-state index contributed by atoms with van der Waals surface area (Å²) in [6.07, 6.45) is 3.15. The van der Waals surface area contributed by atoms with Crippen molar-refractivity contribution in [3.63, 3.8) is 0 Å². The van der Waals surface area contributed by atoms with Crippen LogP contribution in [0.4, 0.5) is 15.8 Å².